The molecule has 0 spiro atoms. The van der Waals surface area contributed by atoms with Crippen molar-refractivity contribution in [3.05, 3.63) is 0 Å². The first-order valence-electron chi connectivity index (χ1n) is 6.05. The molecule has 0 radical (unpaired) electrons. The highest BCUT2D eigenvalue weighted by Crippen LogP contribution is 2.10. The highest BCUT2D eigenvalue weighted by molar-refractivity contribution is 5.78. The second kappa shape index (κ2) is 8.42. The van der Waals surface area contributed by atoms with Crippen LogP contribution in [0.25, 0.3) is 0 Å². The van der Waals surface area contributed by atoms with Crippen molar-refractivity contribution in [2.45, 2.75) is 25.4 Å². The number of aliphatic carboxylic acids is 1. The lowest BCUT2D eigenvalue weighted by molar-refractivity contribution is -0.145. The summed E-state index contributed by atoms with van der Waals surface area (Å²) in [6, 6.07) is 0.136. The SMILES string of the molecule is CNC(C)(CN(CCOC)C(C)COC)C(=O)O. The summed E-state index contributed by atoms with van der Waals surface area (Å²) in [4.78, 5) is 13.3. The van der Waals surface area contributed by atoms with E-state index in [2.05, 4.69) is 10.2 Å². The molecule has 0 aliphatic heterocycles. The van der Waals surface area contributed by atoms with Crippen LogP contribution < -0.4 is 5.32 Å². The Morgan fingerprint density at radius 1 is 1.44 bits per heavy atom. The molecule has 2 N–H and O–H groups in total. The third kappa shape index (κ3) is 5.30. The minimum absolute atomic E-state index is 0.136. The Morgan fingerprint density at radius 3 is 2.44 bits per heavy atom. The van der Waals surface area contributed by atoms with E-state index in [1.165, 1.54) is 0 Å². The Kier molecular flexibility index (Phi) is 8.10. The summed E-state index contributed by atoms with van der Waals surface area (Å²) < 4.78 is 10.2. The molecular weight excluding hydrogens is 236 g/mol. The Morgan fingerprint density at radius 2 is 2.06 bits per heavy atom. The third-order valence-electron chi connectivity index (χ3n) is 3.16. The predicted octanol–water partition coefficient (Wildman–Crippen LogP) is 0.0324. The number of carboxylic acid groups (broad SMARTS) is 1. The number of nitrogens with one attached hydrogen (secondary N) is 1. The summed E-state index contributed by atoms with van der Waals surface area (Å²) in [6.45, 7) is 5.88. The molecule has 0 saturated carbocycles. The number of rotatable bonds is 10. The number of ether oxygens (including phenoxy) is 2. The van der Waals surface area contributed by atoms with E-state index in [1.807, 2.05) is 6.92 Å². The highest BCUT2D eigenvalue weighted by Gasteiger charge is 2.34. The molecule has 0 rings (SSSR count). The van der Waals surface area contributed by atoms with Crippen molar-refractivity contribution in [2.75, 3.05) is 47.6 Å². The summed E-state index contributed by atoms with van der Waals surface area (Å²) in [5.74, 6) is -0.864. The zero-order valence-electron chi connectivity index (χ0n) is 12.0. The number of nitrogens with zero attached hydrogens (tertiary/aromatic N) is 1. The first-order valence-corrected chi connectivity index (χ1v) is 6.05. The Bertz CT molecular complexity index is 250. The fraction of sp³-hybridized carbons (Fsp3) is 0.917. The van der Waals surface area contributed by atoms with Gasteiger partial charge in [-0.1, -0.05) is 0 Å². The van der Waals surface area contributed by atoms with Crippen LogP contribution in [0.3, 0.4) is 0 Å². The van der Waals surface area contributed by atoms with E-state index in [4.69, 9.17) is 9.47 Å². The van der Waals surface area contributed by atoms with E-state index in [0.29, 0.717) is 26.3 Å². The average Bonchev–Trinajstić information content (AvgIpc) is 2.34. The maximum atomic E-state index is 11.3. The van der Waals surface area contributed by atoms with Crippen molar-refractivity contribution in [3.63, 3.8) is 0 Å². The van der Waals surface area contributed by atoms with Crippen LogP contribution in [0.1, 0.15) is 13.8 Å². The molecule has 0 fully saturated rings. The van der Waals surface area contributed by atoms with Gasteiger partial charge in [0.1, 0.15) is 5.54 Å². The standard InChI is InChI=1S/C12H26N2O4/c1-10(8-18-5)14(6-7-17-4)9-12(2,13-3)11(15)16/h10,13H,6-9H2,1-5H3,(H,15,16). The maximum absolute atomic E-state index is 11.3. The molecule has 0 amide bonds. The van der Waals surface area contributed by atoms with Crippen molar-refractivity contribution in [3.8, 4) is 0 Å². The summed E-state index contributed by atoms with van der Waals surface area (Å²) in [5.41, 5.74) is -0.976. The molecule has 108 valence electrons. The summed E-state index contributed by atoms with van der Waals surface area (Å²) >= 11 is 0. The first kappa shape index (κ1) is 17.3. The number of hydrogen-bond acceptors (Lipinski definition) is 5. The van der Waals surface area contributed by atoms with Gasteiger partial charge >= 0.3 is 5.97 Å². The molecule has 0 heterocycles. The van der Waals surface area contributed by atoms with Gasteiger partial charge in [-0.2, -0.15) is 0 Å². The fourth-order valence-corrected chi connectivity index (χ4v) is 1.67. The molecule has 6 heteroatoms. The van der Waals surface area contributed by atoms with E-state index in [1.54, 1.807) is 28.2 Å². The number of carbonyl (C=O) groups is 1. The molecule has 6 nitrogen and oxygen atoms in total. The molecule has 0 aromatic rings. The van der Waals surface area contributed by atoms with Crippen LogP contribution in [0.4, 0.5) is 0 Å². The lowest BCUT2D eigenvalue weighted by atomic mass is 10.0. The highest BCUT2D eigenvalue weighted by atomic mass is 16.5. The molecule has 0 aliphatic carbocycles. The Balaban J connectivity index is 4.69. The quantitative estimate of drug-likeness (QED) is 0.579. The summed E-state index contributed by atoms with van der Waals surface area (Å²) in [7, 11) is 4.93. The zero-order valence-corrected chi connectivity index (χ0v) is 12.0. The Hall–Kier alpha value is -0.690. The largest absolute Gasteiger partial charge is 0.480 e. The minimum atomic E-state index is -0.976. The molecule has 0 aromatic heterocycles. The van der Waals surface area contributed by atoms with Crippen LogP contribution in [0.2, 0.25) is 0 Å². The van der Waals surface area contributed by atoms with E-state index < -0.39 is 11.5 Å². The molecule has 0 aromatic carbocycles. The van der Waals surface area contributed by atoms with Gasteiger partial charge in [-0.25, -0.2) is 0 Å². The van der Waals surface area contributed by atoms with Crippen molar-refractivity contribution in [2.24, 2.45) is 0 Å². The molecule has 0 aliphatic rings. The number of likely N-dealkylation sites (N-methyl/N-ethyl adjacent to an activating group) is 1. The molecular formula is C12H26N2O4. The average molecular weight is 262 g/mol. The van der Waals surface area contributed by atoms with Crippen molar-refractivity contribution >= 4 is 5.97 Å². The van der Waals surface area contributed by atoms with Crippen LogP contribution >= 0.6 is 0 Å². The first-order chi connectivity index (χ1) is 8.41. The molecule has 2 atom stereocenters. The van der Waals surface area contributed by atoms with Crippen LogP contribution in [0.15, 0.2) is 0 Å². The Labute approximate surface area is 109 Å². The van der Waals surface area contributed by atoms with Gasteiger partial charge in [-0.3, -0.25) is 9.69 Å². The molecule has 2 unspecified atom stereocenters. The topological polar surface area (TPSA) is 71.0 Å². The molecule has 18 heavy (non-hydrogen) atoms. The van der Waals surface area contributed by atoms with Gasteiger partial charge < -0.3 is 19.9 Å². The zero-order chi connectivity index (χ0) is 14.2. The van der Waals surface area contributed by atoms with E-state index in [-0.39, 0.29) is 6.04 Å². The lowest BCUT2D eigenvalue weighted by Gasteiger charge is -2.35. The van der Waals surface area contributed by atoms with E-state index in [0.717, 1.165) is 0 Å². The fourth-order valence-electron chi connectivity index (χ4n) is 1.67. The van der Waals surface area contributed by atoms with Gasteiger partial charge in [-0.15, -0.1) is 0 Å². The van der Waals surface area contributed by atoms with Crippen LogP contribution in [0, 0.1) is 0 Å². The van der Waals surface area contributed by atoms with Gasteiger partial charge in [-0.05, 0) is 20.9 Å². The van der Waals surface area contributed by atoms with Gasteiger partial charge in [0.25, 0.3) is 0 Å². The summed E-state index contributed by atoms with van der Waals surface area (Å²) in [6.07, 6.45) is 0. The van der Waals surface area contributed by atoms with Gasteiger partial charge in [0, 0.05) is 33.4 Å². The number of hydrogen-bond donors (Lipinski definition) is 2. The van der Waals surface area contributed by atoms with Crippen molar-refractivity contribution < 1.29 is 19.4 Å². The van der Waals surface area contributed by atoms with E-state index >= 15 is 0 Å². The van der Waals surface area contributed by atoms with E-state index in [9.17, 15) is 9.90 Å². The third-order valence-corrected chi connectivity index (χ3v) is 3.16. The summed E-state index contributed by atoms with van der Waals surface area (Å²) in [5, 5.41) is 12.1. The van der Waals surface area contributed by atoms with Gasteiger partial charge in [0.15, 0.2) is 0 Å². The van der Waals surface area contributed by atoms with Crippen molar-refractivity contribution in [1.29, 1.82) is 0 Å². The second-order valence-corrected chi connectivity index (χ2v) is 4.65. The van der Waals surface area contributed by atoms with Crippen LogP contribution in [-0.2, 0) is 14.3 Å². The minimum Gasteiger partial charge on any atom is -0.480 e. The van der Waals surface area contributed by atoms with Crippen LogP contribution in [-0.4, -0.2) is 75.1 Å². The predicted molar refractivity (Wildman–Crippen MR) is 69.9 cm³/mol. The smallest absolute Gasteiger partial charge is 0.324 e. The van der Waals surface area contributed by atoms with Gasteiger partial charge in [0.2, 0.25) is 0 Å². The lowest BCUT2D eigenvalue weighted by Crippen LogP contribution is -2.58. The second-order valence-electron chi connectivity index (χ2n) is 4.65. The monoisotopic (exact) mass is 262 g/mol. The van der Waals surface area contributed by atoms with Gasteiger partial charge in [0.05, 0.1) is 13.2 Å². The number of methoxy groups -OCH3 is 2. The normalized spacial score (nSPS) is 16.6. The molecule has 0 bridgehead atoms. The maximum Gasteiger partial charge on any atom is 0.324 e. The van der Waals surface area contributed by atoms with Crippen LogP contribution in [0.5, 0.6) is 0 Å². The van der Waals surface area contributed by atoms with Crippen molar-refractivity contribution in [1.82, 2.24) is 10.2 Å². The number of carboxylic acids is 1. The molecule has 0 saturated heterocycles.